The molecule has 0 radical (unpaired) electrons. The summed E-state index contributed by atoms with van der Waals surface area (Å²) in [6.45, 7) is 0. The molecule has 1 unspecified atom stereocenters. The van der Waals surface area contributed by atoms with E-state index in [9.17, 15) is 0 Å². The van der Waals surface area contributed by atoms with E-state index in [0.717, 1.165) is 10.2 Å². The van der Waals surface area contributed by atoms with E-state index in [1.54, 1.807) is 0 Å². The van der Waals surface area contributed by atoms with E-state index in [1.807, 2.05) is 18.2 Å². The molecule has 1 aliphatic carbocycles. The number of rotatable bonds is 0. The molecule has 152 valence electrons. The maximum absolute atomic E-state index is 5.59. The molecule has 4 aromatic rings. The first kappa shape index (κ1) is 23.8. The molecule has 2 aliphatic rings. The summed E-state index contributed by atoms with van der Waals surface area (Å²) < 4.78 is 6.40. The summed E-state index contributed by atoms with van der Waals surface area (Å²) in [5, 5.41) is 5.39. The fraction of sp³-hybridized carbons (Fsp3) is 0.0417. The largest absolute Gasteiger partial charge is 0.813 e. The summed E-state index contributed by atoms with van der Waals surface area (Å²) in [6, 6.07) is 28.5. The Bertz CT molecular complexity index is 1170. The summed E-state index contributed by atoms with van der Waals surface area (Å²) in [6.07, 6.45) is 4.23. The monoisotopic (exact) mass is 591 g/mol. The van der Waals surface area contributed by atoms with Crippen molar-refractivity contribution in [1.29, 1.82) is 0 Å². The van der Waals surface area contributed by atoms with E-state index >= 15 is 0 Å². The molecule has 0 spiro atoms. The van der Waals surface area contributed by atoms with Crippen molar-refractivity contribution < 1.29 is 25.6 Å². The van der Waals surface area contributed by atoms with Crippen molar-refractivity contribution in [1.82, 2.24) is 0 Å². The van der Waals surface area contributed by atoms with Crippen LogP contribution in [0.4, 0.5) is 0 Å². The third-order valence-corrected chi connectivity index (χ3v) is 5.26. The van der Waals surface area contributed by atoms with Gasteiger partial charge < -0.3 is 18.2 Å². The van der Waals surface area contributed by atoms with Gasteiger partial charge in [0.1, 0.15) is 6.10 Å². The van der Waals surface area contributed by atoms with Gasteiger partial charge in [0, 0.05) is 0 Å². The van der Waals surface area contributed by atoms with Crippen LogP contribution in [0.3, 0.4) is 0 Å². The van der Waals surface area contributed by atoms with E-state index in [4.69, 9.17) is 21.8 Å². The first-order valence-electron chi connectivity index (χ1n) is 8.96. The molecule has 6 heteroatoms. The van der Waals surface area contributed by atoms with Crippen LogP contribution in [0.2, 0.25) is 0 Å². The van der Waals surface area contributed by atoms with Gasteiger partial charge in [-0.05, 0) is 27.6 Å². The Kier molecular flexibility index (Phi) is 8.80. The van der Waals surface area contributed by atoms with Gasteiger partial charge in [-0.2, -0.15) is 24.3 Å². The molecule has 0 saturated carbocycles. The molecule has 0 fully saturated rings. The first-order chi connectivity index (χ1) is 14.2. The molecular weight excluding hydrogens is 578 g/mol. The zero-order chi connectivity index (χ0) is 20.2. The molecule has 0 N–H and O–H groups in total. The number of hydrogen-bond donors (Lipinski definition) is 0. The molecule has 0 amide bonds. The van der Waals surface area contributed by atoms with Crippen molar-refractivity contribution in [3.8, 4) is 0 Å². The topological polar surface area (TPSA) is 9.23 Å². The molecule has 1 heterocycles. The van der Waals surface area contributed by atoms with Gasteiger partial charge in [0.25, 0.3) is 0 Å². The van der Waals surface area contributed by atoms with Crippen LogP contribution < -0.4 is 0 Å². The fourth-order valence-corrected chi connectivity index (χ4v) is 4.11. The zero-order valence-electron chi connectivity index (χ0n) is 15.6. The summed E-state index contributed by atoms with van der Waals surface area (Å²) in [7, 11) is 9.87. The standard InChI is InChI=1S/C13H9.C11H6BrO.2ClH.H2S.Zr/c1-3-7-12-10(5-1)9-11-6-2-4-8-13(11)12;12-10-6-8-5-7-3-1-2-4-9(7)11(8)13-10;;;;/h1-9H;1-3,5-6,11H;2*1H;1H2;/q2*-1;;;;+2/p-3. The molecular formula is C24H16BrCl2OSZr-3. The minimum Gasteiger partial charge on any atom is -0.813 e. The molecule has 1 nitrogen and oxygen atoms in total. The van der Waals surface area contributed by atoms with Gasteiger partial charge in [-0.25, -0.2) is 0 Å². The number of fused-ring (bicyclic) bond motifs is 6. The minimum absolute atomic E-state index is 0. The van der Waals surface area contributed by atoms with Gasteiger partial charge in [0.05, 0.1) is 0 Å². The summed E-state index contributed by atoms with van der Waals surface area (Å²) in [5.74, 6) is 0. The van der Waals surface area contributed by atoms with Crippen molar-refractivity contribution in [2.75, 3.05) is 0 Å². The smallest absolute Gasteiger partial charge is 0.0771 e. The van der Waals surface area contributed by atoms with Gasteiger partial charge in [-0.3, -0.25) is 0 Å². The van der Waals surface area contributed by atoms with E-state index in [1.165, 1.54) is 32.7 Å². The van der Waals surface area contributed by atoms with Crippen LogP contribution in [0.25, 0.3) is 27.6 Å². The van der Waals surface area contributed by atoms with Gasteiger partial charge >= 0.3 is 37.9 Å². The van der Waals surface area contributed by atoms with Gasteiger partial charge in [-0.1, -0.05) is 36.4 Å². The van der Waals surface area contributed by atoms with Crippen LogP contribution in [0.15, 0.2) is 89.1 Å². The van der Waals surface area contributed by atoms with E-state index in [0.29, 0.717) is 0 Å². The zero-order valence-corrected chi connectivity index (χ0v) is 22.1. The average molecular weight is 594 g/mol. The van der Waals surface area contributed by atoms with Crippen LogP contribution in [0.5, 0.6) is 0 Å². The van der Waals surface area contributed by atoms with Gasteiger partial charge in [0.2, 0.25) is 0 Å². The second-order valence-electron chi connectivity index (χ2n) is 6.52. The van der Waals surface area contributed by atoms with Crippen molar-refractivity contribution in [2.45, 2.75) is 6.10 Å². The summed E-state index contributed by atoms with van der Waals surface area (Å²) in [4.78, 5) is 0. The Balaban J connectivity index is 0.000000147. The molecule has 30 heavy (non-hydrogen) atoms. The number of thiol groups is 1. The van der Waals surface area contributed by atoms with Crippen LogP contribution in [0.1, 0.15) is 17.2 Å². The average Bonchev–Trinajstić information content (AvgIpc) is 3.39. The maximum atomic E-state index is 5.59. The predicted octanol–water partition coefficient (Wildman–Crippen LogP) is 8.01. The molecule has 1 aliphatic heterocycles. The molecule has 4 aromatic carbocycles. The third kappa shape index (κ3) is 5.11. The van der Waals surface area contributed by atoms with Crippen LogP contribution in [-0.2, 0) is 39.1 Å². The SMILES string of the molecule is BrC1=CC2=Cc3ccc[c-]c3C2O1.[Cl][Zr][Cl].[SH-].c1ccc2c(c1)[cH-]c1ccccc12. The molecule has 0 saturated heterocycles. The number of hydrogen-bond acceptors (Lipinski definition) is 2. The van der Waals surface area contributed by atoms with E-state index in [2.05, 4.69) is 88.7 Å². The van der Waals surface area contributed by atoms with Crippen molar-refractivity contribution in [3.63, 3.8) is 0 Å². The molecule has 0 aromatic heterocycles. The Labute approximate surface area is 210 Å². The number of halogens is 3. The van der Waals surface area contributed by atoms with E-state index < -0.39 is 20.8 Å². The van der Waals surface area contributed by atoms with Gasteiger partial charge in [0.15, 0.2) is 4.67 Å². The van der Waals surface area contributed by atoms with Crippen LogP contribution in [-0.4, -0.2) is 0 Å². The first-order valence-corrected chi connectivity index (χ1v) is 16.1. The van der Waals surface area contributed by atoms with Gasteiger partial charge in [-0.15, -0.1) is 56.9 Å². The molecule has 0 bridgehead atoms. The Hall–Kier alpha value is -0.897. The second-order valence-corrected chi connectivity index (χ2v) is 11.0. The quantitative estimate of drug-likeness (QED) is 0.116. The maximum Gasteiger partial charge on any atom is -0.0771 e. The molecule has 1 atom stereocenters. The normalized spacial score (nSPS) is 15.2. The number of benzene rings is 3. The van der Waals surface area contributed by atoms with Crippen molar-refractivity contribution >= 4 is 74.1 Å². The summed E-state index contributed by atoms with van der Waals surface area (Å²) >= 11 is 2.50. The van der Waals surface area contributed by atoms with E-state index in [-0.39, 0.29) is 19.6 Å². The third-order valence-electron chi connectivity index (χ3n) is 4.84. The predicted molar refractivity (Wildman–Crippen MR) is 132 cm³/mol. The molecule has 6 rings (SSSR count). The number of ether oxygens (including phenoxy) is 1. The Morgan fingerprint density at radius 1 is 0.900 bits per heavy atom. The van der Waals surface area contributed by atoms with Crippen molar-refractivity contribution in [2.24, 2.45) is 0 Å². The van der Waals surface area contributed by atoms with Crippen LogP contribution >= 0.6 is 33.0 Å². The minimum atomic E-state index is -0.826. The second kappa shape index (κ2) is 11.1. The van der Waals surface area contributed by atoms with Crippen LogP contribution in [0, 0.1) is 6.07 Å². The van der Waals surface area contributed by atoms with Crippen molar-refractivity contribution in [3.05, 3.63) is 106 Å². The fourth-order valence-electron chi connectivity index (χ4n) is 3.66. The Morgan fingerprint density at radius 2 is 1.50 bits per heavy atom. The Morgan fingerprint density at radius 3 is 2.13 bits per heavy atom. The summed E-state index contributed by atoms with van der Waals surface area (Å²) in [5.41, 5.74) is 3.58.